The minimum absolute atomic E-state index is 0.0409. The van der Waals surface area contributed by atoms with Crippen LogP contribution < -0.4 is 0 Å². The lowest BCUT2D eigenvalue weighted by Gasteiger charge is -2.73. The highest BCUT2D eigenvalue weighted by Crippen LogP contribution is 2.76. The average Bonchev–Trinajstić information content (AvgIpc) is 0.666. The Kier molecular flexibility index (Phi) is 22.1. The van der Waals surface area contributed by atoms with E-state index in [1.807, 2.05) is 34.6 Å². The molecular weight excluding hydrogens is 1300 g/mol. The van der Waals surface area contributed by atoms with Crippen LogP contribution in [0.5, 0.6) is 0 Å². The zero-order valence-corrected chi connectivity index (χ0v) is 55.5. The molecule has 6 heterocycles. The van der Waals surface area contributed by atoms with Gasteiger partial charge < -0.3 is 159 Å². The molecule has 33 heteroatoms. The quantitative estimate of drug-likeness (QED) is 0.0411. The van der Waals surface area contributed by atoms with Crippen LogP contribution in [0.3, 0.4) is 0 Å². The highest BCUT2D eigenvalue weighted by atomic mass is 16.8. The van der Waals surface area contributed by atoms with Gasteiger partial charge in [0.25, 0.3) is 0 Å². The van der Waals surface area contributed by atoms with Crippen molar-refractivity contribution in [3.05, 3.63) is 11.6 Å². The SMILES string of the molecule is C[C@@H]1O[C@@H](O[C@@H]2[C@@H](O)[C@H](O[C@@H]3[C@@H](O)[C@@H](O)[C@H](O[C@H]4[C@H](OC(=O)[C@]56CCC(C)(C)C[C@H]5C5=CC[C@@H]7[C@@]8(C)C[C@H](O)[C@H](O[C@@H]9O[C@H](CO[C@@H]%10O[C@H](CO)[C@@H](O)[C@H](O)[C@H]%10O)[C@@H](O)[C@H](O)[C@H]9O)[C@@](C)(CO)[C@@H]8[C@H](O)C[C@@]7(C)[C@]5(C)C[C@H]6O)OC[C@H](O)[C@@H]4O)O[C@H]3C)OC[C@H]2O)[C@H](O)[C@H](O)[C@H]1O. The molecule has 4 saturated carbocycles. The monoisotopic (exact) mass is 1400 g/mol. The van der Waals surface area contributed by atoms with E-state index in [-0.39, 0.29) is 25.7 Å². The van der Waals surface area contributed by atoms with Crippen molar-refractivity contribution in [2.24, 2.45) is 50.2 Å². The average molecular weight is 1400 g/mol. The number of ether oxygens (including phenoxy) is 12. The van der Waals surface area contributed by atoms with E-state index in [0.29, 0.717) is 19.3 Å². The van der Waals surface area contributed by atoms with E-state index >= 15 is 4.79 Å². The first-order valence-corrected chi connectivity index (χ1v) is 33.8. The summed E-state index contributed by atoms with van der Waals surface area (Å²) in [5, 5.41) is 223. The lowest BCUT2D eigenvalue weighted by atomic mass is 9.32. The number of aliphatic hydroxyl groups excluding tert-OH is 20. The summed E-state index contributed by atoms with van der Waals surface area (Å²) in [4.78, 5) is 15.6. The van der Waals surface area contributed by atoms with E-state index in [2.05, 4.69) is 6.08 Å². The predicted molar refractivity (Wildman–Crippen MR) is 319 cm³/mol. The number of hydrogen-bond acceptors (Lipinski definition) is 33. The van der Waals surface area contributed by atoms with Gasteiger partial charge in [-0.15, -0.1) is 0 Å². The third kappa shape index (κ3) is 12.8. The van der Waals surface area contributed by atoms with Gasteiger partial charge in [-0.05, 0) is 92.3 Å². The summed E-state index contributed by atoms with van der Waals surface area (Å²) in [6, 6.07) is 0. The molecule has 0 amide bonds. The second-order valence-electron chi connectivity index (χ2n) is 31.3. The standard InChI is InChI=1S/C64H104O33/c1-22-34(72)38(76)43(81)54(89-22)94-48-29(70)19-86-53(46(48)84)93-47-23(2)90-55(45(83)41(47)79)95-49-35(73)28(69)18-87-57(49)97-58(85)64-12-11-59(3,4)13-25(64)24-9-10-32-60(5)14-27(68)51(61(6,21-66)50(60)26(67)15-63(32,8)62(24,7)16-33(64)71)96-56-44(82)40(78)37(75)31(92-56)20-88-52-42(80)39(77)36(74)30(17-65)91-52/h9,22-23,25-57,65-84H,10-21H2,1-8H3/t22-,23-,25-,26+,27-,28-,29+,30+,31+,32+,33+,34-,35-,36+,37+,38+,39-,40-,41-,42+,43+,44+,45+,46+,47-,48-,49+,50+,51-,52+,53-,54-,55-,56-,57-,60+,61-,62+,63+,64+/m0/s1. The van der Waals surface area contributed by atoms with Gasteiger partial charge in [0.2, 0.25) is 6.29 Å². The highest BCUT2D eigenvalue weighted by molar-refractivity contribution is 5.80. The highest BCUT2D eigenvalue weighted by Gasteiger charge is 2.75. The fourth-order valence-electron chi connectivity index (χ4n) is 19.1. The van der Waals surface area contributed by atoms with Crippen LogP contribution in [0.15, 0.2) is 11.6 Å². The van der Waals surface area contributed by atoms with Gasteiger partial charge in [-0.3, -0.25) is 4.79 Å². The van der Waals surface area contributed by atoms with Crippen LogP contribution in [0.25, 0.3) is 0 Å². The van der Waals surface area contributed by atoms with E-state index in [1.165, 1.54) is 13.8 Å². The third-order valence-corrected chi connectivity index (χ3v) is 24.8. The Morgan fingerprint density at radius 2 is 1.06 bits per heavy atom. The summed E-state index contributed by atoms with van der Waals surface area (Å²) in [5.41, 5.74) is -5.70. The van der Waals surface area contributed by atoms with Gasteiger partial charge >= 0.3 is 5.97 Å². The van der Waals surface area contributed by atoms with Crippen LogP contribution in [0.4, 0.5) is 0 Å². The Bertz CT molecular complexity index is 2750. The number of carbonyl (C=O) groups is 1. The van der Waals surface area contributed by atoms with Gasteiger partial charge in [0.05, 0.1) is 69.7 Å². The normalized spacial score (nSPS) is 56.2. The van der Waals surface area contributed by atoms with Crippen LogP contribution in [-0.2, 0) is 61.6 Å². The van der Waals surface area contributed by atoms with Crippen molar-refractivity contribution in [1.82, 2.24) is 0 Å². The van der Waals surface area contributed by atoms with Gasteiger partial charge in [0, 0.05) is 11.3 Å². The Hall–Kier alpha value is -2.03. The summed E-state index contributed by atoms with van der Waals surface area (Å²) in [6.07, 6.45) is -49.5. The Labute approximate surface area is 559 Å². The van der Waals surface area contributed by atoms with Crippen molar-refractivity contribution < 1.29 is 164 Å². The van der Waals surface area contributed by atoms with Crippen molar-refractivity contribution in [3.63, 3.8) is 0 Å². The number of esters is 1. The van der Waals surface area contributed by atoms with Crippen molar-refractivity contribution >= 4 is 5.97 Å². The topological polar surface area (TPSA) is 532 Å². The molecule has 6 aliphatic heterocycles. The lowest BCUT2D eigenvalue weighted by molar-refractivity contribution is -0.377. The lowest BCUT2D eigenvalue weighted by Crippen LogP contribution is -2.73. The minimum atomic E-state index is -2.03. The number of carbonyl (C=O) groups excluding carboxylic acids is 1. The predicted octanol–water partition coefficient (Wildman–Crippen LogP) is -7.17. The molecule has 33 nitrogen and oxygen atoms in total. The second kappa shape index (κ2) is 28.1. The third-order valence-electron chi connectivity index (χ3n) is 24.8. The molecule has 0 bridgehead atoms. The number of hydrogen-bond donors (Lipinski definition) is 20. The van der Waals surface area contributed by atoms with Gasteiger partial charge in [-0.25, -0.2) is 0 Å². The van der Waals surface area contributed by atoms with Crippen LogP contribution >= 0.6 is 0 Å². The number of aliphatic hydroxyl groups is 20. The molecule has 0 radical (unpaired) electrons. The molecule has 97 heavy (non-hydrogen) atoms. The summed E-state index contributed by atoms with van der Waals surface area (Å²) < 4.78 is 70.4. The second-order valence-corrected chi connectivity index (χ2v) is 31.3. The molecule has 0 aromatic carbocycles. The maximum Gasteiger partial charge on any atom is 0.317 e. The van der Waals surface area contributed by atoms with E-state index in [9.17, 15) is 102 Å². The molecule has 0 aromatic rings. The molecule has 0 spiro atoms. The molecule has 10 fully saturated rings. The van der Waals surface area contributed by atoms with Gasteiger partial charge in [-0.1, -0.05) is 53.2 Å². The summed E-state index contributed by atoms with van der Waals surface area (Å²) in [6.45, 7) is 11.3. The van der Waals surface area contributed by atoms with Crippen molar-refractivity contribution in [2.75, 3.05) is 33.0 Å². The van der Waals surface area contributed by atoms with Gasteiger partial charge in [0.1, 0.15) is 121 Å². The van der Waals surface area contributed by atoms with Crippen molar-refractivity contribution in [3.8, 4) is 0 Å². The van der Waals surface area contributed by atoms with E-state index in [4.69, 9.17) is 56.8 Å². The molecule has 11 aliphatic rings. The van der Waals surface area contributed by atoms with Crippen LogP contribution in [0.2, 0.25) is 0 Å². The molecule has 0 aromatic heterocycles. The summed E-state index contributed by atoms with van der Waals surface area (Å²) in [7, 11) is 0. The fourth-order valence-corrected chi connectivity index (χ4v) is 19.1. The summed E-state index contributed by atoms with van der Waals surface area (Å²) in [5.74, 6) is -2.88. The molecule has 558 valence electrons. The first-order chi connectivity index (χ1) is 45.4. The zero-order valence-electron chi connectivity index (χ0n) is 55.5. The van der Waals surface area contributed by atoms with Crippen molar-refractivity contribution in [1.29, 1.82) is 0 Å². The number of fused-ring (bicyclic) bond motifs is 7. The smallest absolute Gasteiger partial charge is 0.317 e. The van der Waals surface area contributed by atoms with E-state index < -0.39 is 286 Å². The Balaban J connectivity index is 0.794. The minimum Gasteiger partial charge on any atom is -0.432 e. The Morgan fingerprint density at radius 3 is 1.71 bits per heavy atom. The van der Waals surface area contributed by atoms with E-state index in [1.54, 1.807) is 6.92 Å². The van der Waals surface area contributed by atoms with Crippen LogP contribution in [-0.4, -0.2) is 338 Å². The van der Waals surface area contributed by atoms with Crippen molar-refractivity contribution in [2.45, 2.75) is 297 Å². The van der Waals surface area contributed by atoms with Gasteiger partial charge in [-0.2, -0.15) is 0 Å². The number of rotatable bonds is 15. The largest absolute Gasteiger partial charge is 0.432 e. The molecule has 5 aliphatic carbocycles. The zero-order chi connectivity index (χ0) is 71.0. The van der Waals surface area contributed by atoms with Gasteiger partial charge in [0.15, 0.2) is 37.6 Å². The first kappa shape index (κ1) is 76.1. The summed E-state index contributed by atoms with van der Waals surface area (Å²) >= 11 is 0. The fraction of sp³-hybridized carbons (Fsp3) is 0.953. The van der Waals surface area contributed by atoms with Crippen LogP contribution in [0.1, 0.15) is 100 Å². The molecule has 6 saturated heterocycles. The Morgan fingerprint density at radius 1 is 0.505 bits per heavy atom. The maximum atomic E-state index is 15.6. The molecule has 20 N–H and O–H groups in total. The molecule has 40 atom stereocenters. The first-order valence-electron chi connectivity index (χ1n) is 33.8. The molecule has 0 unspecified atom stereocenters. The molecular formula is C64H104O33. The van der Waals surface area contributed by atoms with E-state index in [0.717, 1.165) is 5.57 Å². The molecule has 11 rings (SSSR count). The maximum absolute atomic E-state index is 15.6. The number of allylic oxidation sites excluding steroid dienone is 2. The van der Waals surface area contributed by atoms with Crippen LogP contribution in [0, 0.1) is 50.2 Å².